The van der Waals surface area contributed by atoms with Crippen LogP contribution in [0.25, 0.3) is 6.08 Å². The molecule has 0 radical (unpaired) electrons. The summed E-state index contributed by atoms with van der Waals surface area (Å²) in [5, 5.41) is 12.7. The Labute approximate surface area is 173 Å². The lowest BCUT2D eigenvalue weighted by Crippen LogP contribution is -2.19. The average molecular weight is 407 g/mol. The molecule has 2 heterocycles. The SMILES string of the molecule is CC1Cc2cc(C=C(C#N)C(=O)Nc3sc4c(c3C(N)=O)CCCC4)ccc2O1. The van der Waals surface area contributed by atoms with E-state index >= 15 is 0 Å². The summed E-state index contributed by atoms with van der Waals surface area (Å²) in [6.45, 7) is 2.00. The summed E-state index contributed by atoms with van der Waals surface area (Å²) in [4.78, 5) is 25.8. The van der Waals surface area contributed by atoms with Crippen molar-refractivity contribution in [3.05, 3.63) is 50.9 Å². The molecule has 2 amide bonds. The Balaban J connectivity index is 1.60. The molecular weight excluding hydrogens is 386 g/mol. The van der Waals surface area contributed by atoms with Gasteiger partial charge in [-0.3, -0.25) is 9.59 Å². The number of nitrogens with two attached hydrogens (primary N) is 1. The lowest BCUT2D eigenvalue weighted by atomic mass is 9.95. The van der Waals surface area contributed by atoms with Crippen LogP contribution < -0.4 is 15.8 Å². The second kappa shape index (κ2) is 7.72. The number of rotatable bonds is 4. The van der Waals surface area contributed by atoms with E-state index in [0.717, 1.165) is 59.4 Å². The largest absolute Gasteiger partial charge is 0.490 e. The molecule has 148 valence electrons. The van der Waals surface area contributed by atoms with Crippen LogP contribution in [0.5, 0.6) is 5.75 Å². The van der Waals surface area contributed by atoms with Crippen LogP contribution in [0.4, 0.5) is 5.00 Å². The van der Waals surface area contributed by atoms with Gasteiger partial charge in [-0.05, 0) is 67.5 Å². The minimum atomic E-state index is -0.546. The van der Waals surface area contributed by atoms with Gasteiger partial charge in [0.25, 0.3) is 11.8 Å². The number of aryl methyl sites for hydroxylation is 1. The molecule has 29 heavy (non-hydrogen) atoms. The standard InChI is InChI=1S/C22H21N3O3S/c1-12-8-14-9-13(6-7-17(14)28-12)10-15(11-23)21(27)25-22-19(20(24)26)16-4-2-3-5-18(16)29-22/h6-7,9-10,12H,2-5,8H2,1H3,(H2,24,26)(H,25,27). The quantitative estimate of drug-likeness (QED) is 0.597. The summed E-state index contributed by atoms with van der Waals surface area (Å²) in [6, 6.07) is 7.57. The van der Waals surface area contributed by atoms with Crippen molar-refractivity contribution >= 4 is 34.2 Å². The van der Waals surface area contributed by atoms with Crippen LogP contribution in [-0.2, 0) is 24.1 Å². The topological polar surface area (TPSA) is 105 Å². The molecule has 1 aliphatic carbocycles. The number of carbonyl (C=O) groups excluding carboxylic acids is 2. The van der Waals surface area contributed by atoms with Gasteiger partial charge in [-0.1, -0.05) is 6.07 Å². The summed E-state index contributed by atoms with van der Waals surface area (Å²) in [6.07, 6.45) is 6.21. The van der Waals surface area contributed by atoms with E-state index < -0.39 is 11.8 Å². The summed E-state index contributed by atoms with van der Waals surface area (Å²) in [5.74, 6) is -0.249. The molecule has 0 saturated heterocycles. The fourth-order valence-corrected chi connectivity index (χ4v) is 5.22. The minimum absolute atomic E-state index is 0.0290. The normalized spacial score (nSPS) is 17.7. The Morgan fingerprint density at radius 3 is 2.90 bits per heavy atom. The maximum Gasteiger partial charge on any atom is 0.266 e. The van der Waals surface area contributed by atoms with Gasteiger partial charge in [0.2, 0.25) is 0 Å². The molecule has 1 aromatic carbocycles. The van der Waals surface area contributed by atoms with Gasteiger partial charge in [0.05, 0.1) is 5.56 Å². The van der Waals surface area contributed by atoms with Gasteiger partial charge >= 0.3 is 0 Å². The van der Waals surface area contributed by atoms with E-state index in [4.69, 9.17) is 10.5 Å². The molecule has 0 bridgehead atoms. The number of carbonyl (C=O) groups is 2. The highest BCUT2D eigenvalue weighted by Gasteiger charge is 2.26. The third-order valence-electron chi connectivity index (χ3n) is 5.24. The van der Waals surface area contributed by atoms with E-state index in [1.807, 2.05) is 31.2 Å². The van der Waals surface area contributed by atoms with Crippen molar-refractivity contribution in [1.29, 1.82) is 5.26 Å². The molecule has 1 aliphatic heterocycles. The van der Waals surface area contributed by atoms with E-state index in [1.165, 1.54) is 11.3 Å². The Morgan fingerprint density at radius 1 is 1.34 bits per heavy atom. The second-order valence-corrected chi connectivity index (χ2v) is 8.51. The smallest absolute Gasteiger partial charge is 0.266 e. The third kappa shape index (κ3) is 3.76. The van der Waals surface area contributed by atoms with Crippen molar-refractivity contribution < 1.29 is 14.3 Å². The lowest BCUT2D eigenvalue weighted by Gasteiger charge is -2.11. The molecule has 6 nitrogen and oxygen atoms in total. The number of primary amides is 1. The highest BCUT2D eigenvalue weighted by molar-refractivity contribution is 7.17. The first-order valence-electron chi connectivity index (χ1n) is 9.63. The number of fused-ring (bicyclic) bond motifs is 2. The number of thiophene rings is 1. The zero-order chi connectivity index (χ0) is 20.5. The molecule has 1 aromatic heterocycles. The Hall–Kier alpha value is -3.11. The van der Waals surface area contributed by atoms with Gasteiger partial charge in [0.15, 0.2) is 0 Å². The van der Waals surface area contributed by atoms with Crippen molar-refractivity contribution in [2.75, 3.05) is 5.32 Å². The number of benzene rings is 1. The van der Waals surface area contributed by atoms with E-state index in [1.54, 1.807) is 6.08 Å². The van der Waals surface area contributed by atoms with Crippen LogP contribution in [0.2, 0.25) is 0 Å². The first-order valence-corrected chi connectivity index (χ1v) is 10.4. The van der Waals surface area contributed by atoms with Crippen LogP contribution in [-0.4, -0.2) is 17.9 Å². The third-order valence-corrected chi connectivity index (χ3v) is 6.45. The van der Waals surface area contributed by atoms with Crippen molar-refractivity contribution in [3.8, 4) is 11.8 Å². The van der Waals surface area contributed by atoms with E-state index in [2.05, 4.69) is 5.32 Å². The number of anilines is 1. The molecule has 1 unspecified atom stereocenters. The van der Waals surface area contributed by atoms with Gasteiger partial charge in [0.1, 0.15) is 28.5 Å². The van der Waals surface area contributed by atoms with Crippen LogP contribution in [0.1, 0.15) is 51.7 Å². The maximum absolute atomic E-state index is 12.7. The van der Waals surface area contributed by atoms with Crippen LogP contribution in [0.15, 0.2) is 23.8 Å². The van der Waals surface area contributed by atoms with Crippen LogP contribution >= 0.6 is 11.3 Å². The molecule has 7 heteroatoms. The molecular formula is C22H21N3O3S. The first-order chi connectivity index (χ1) is 14.0. The molecule has 3 N–H and O–H groups in total. The molecule has 2 aromatic rings. The molecule has 0 fully saturated rings. The molecule has 2 aliphatic rings. The highest BCUT2D eigenvalue weighted by Crippen LogP contribution is 2.38. The molecule has 4 rings (SSSR count). The lowest BCUT2D eigenvalue weighted by molar-refractivity contribution is -0.112. The summed E-state index contributed by atoms with van der Waals surface area (Å²) in [5.41, 5.74) is 8.70. The monoisotopic (exact) mass is 407 g/mol. The highest BCUT2D eigenvalue weighted by atomic mass is 32.1. The second-order valence-electron chi connectivity index (χ2n) is 7.40. The van der Waals surface area contributed by atoms with Crippen LogP contribution in [0, 0.1) is 11.3 Å². The number of hydrogen-bond acceptors (Lipinski definition) is 5. The summed E-state index contributed by atoms with van der Waals surface area (Å²) < 4.78 is 5.69. The van der Waals surface area contributed by atoms with E-state index in [0.29, 0.717) is 10.6 Å². The summed E-state index contributed by atoms with van der Waals surface area (Å²) >= 11 is 1.38. The fraction of sp³-hybridized carbons (Fsp3) is 0.318. The van der Waals surface area contributed by atoms with Gasteiger partial charge in [-0.25, -0.2) is 0 Å². The molecule has 1 atom stereocenters. The number of hydrogen-bond donors (Lipinski definition) is 2. The van der Waals surface area contributed by atoms with Gasteiger partial charge in [-0.15, -0.1) is 11.3 Å². The van der Waals surface area contributed by atoms with Gasteiger partial charge < -0.3 is 15.8 Å². The fourth-order valence-electron chi connectivity index (χ4n) is 3.93. The average Bonchev–Trinajstić information content (AvgIpc) is 3.24. The van der Waals surface area contributed by atoms with Crippen molar-refractivity contribution in [3.63, 3.8) is 0 Å². The summed E-state index contributed by atoms with van der Waals surface area (Å²) in [7, 11) is 0. The molecule has 0 spiro atoms. The zero-order valence-corrected chi connectivity index (χ0v) is 16.9. The van der Waals surface area contributed by atoms with Gasteiger partial charge in [-0.2, -0.15) is 5.26 Å². The number of ether oxygens (including phenoxy) is 1. The number of nitrogens with one attached hydrogen (secondary N) is 1. The molecule has 0 saturated carbocycles. The van der Waals surface area contributed by atoms with E-state index in [-0.39, 0.29) is 11.7 Å². The zero-order valence-electron chi connectivity index (χ0n) is 16.1. The first kappa shape index (κ1) is 19.2. The number of nitrogens with zero attached hydrogens (tertiary/aromatic N) is 1. The Kier molecular flexibility index (Phi) is 5.12. The number of nitriles is 1. The van der Waals surface area contributed by atoms with E-state index in [9.17, 15) is 14.9 Å². The Bertz CT molecular complexity index is 1080. The Morgan fingerprint density at radius 2 is 2.14 bits per heavy atom. The van der Waals surface area contributed by atoms with Crippen LogP contribution in [0.3, 0.4) is 0 Å². The van der Waals surface area contributed by atoms with Crippen molar-refractivity contribution in [2.24, 2.45) is 5.73 Å². The van der Waals surface area contributed by atoms with Crippen molar-refractivity contribution in [2.45, 2.75) is 45.1 Å². The predicted molar refractivity (Wildman–Crippen MR) is 112 cm³/mol. The minimum Gasteiger partial charge on any atom is -0.490 e. The predicted octanol–water partition coefficient (Wildman–Crippen LogP) is 3.59. The van der Waals surface area contributed by atoms with Gasteiger partial charge in [0, 0.05) is 11.3 Å². The number of amides is 2. The van der Waals surface area contributed by atoms with Crippen molar-refractivity contribution in [1.82, 2.24) is 0 Å². The maximum atomic E-state index is 12.7.